The molecule has 2 heterocycles. The van der Waals surface area contributed by atoms with Crippen LogP contribution in [0.4, 0.5) is 0 Å². The molecule has 0 saturated carbocycles. The summed E-state index contributed by atoms with van der Waals surface area (Å²) in [6.45, 7) is 7.02. The van der Waals surface area contributed by atoms with E-state index in [1.165, 1.54) is 0 Å². The number of hydrogen-bond acceptors (Lipinski definition) is 4. The number of ether oxygens (including phenoxy) is 2. The Morgan fingerprint density at radius 3 is 3.06 bits per heavy atom. The van der Waals surface area contributed by atoms with Gasteiger partial charge in [0.25, 0.3) is 0 Å². The number of rotatable bonds is 3. The van der Waals surface area contributed by atoms with Crippen molar-refractivity contribution >= 4 is 5.91 Å². The molecule has 2 N–H and O–H groups in total. The highest BCUT2D eigenvalue weighted by Gasteiger charge is 2.30. The molecule has 2 saturated heterocycles. The minimum absolute atomic E-state index is 0.0236. The maximum Gasteiger partial charge on any atom is 0.249 e. The lowest BCUT2D eigenvalue weighted by Crippen LogP contribution is -2.52. The summed E-state index contributed by atoms with van der Waals surface area (Å²) in [6.07, 6.45) is 2.62. The number of hydrogen-bond donors (Lipinski definition) is 2. The highest BCUT2D eigenvalue weighted by atomic mass is 16.6. The molecule has 2 aliphatic rings. The van der Waals surface area contributed by atoms with Crippen LogP contribution in [0.3, 0.4) is 0 Å². The van der Waals surface area contributed by atoms with Crippen LogP contribution in [0.15, 0.2) is 0 Å². The number of amides is 1. The van der Waals surface area contributed by atoms with Crippen molar-refractivity contribution < 1.29 is 14.3 Å². The Labute approximate surface area is 109 Å². The summed E-state index contributed by atoms with van der Waals surface area (Å²) in [7, 11) is 0. The van der Waals surface area contributed by atoms with Crippen molar-refractivity contribution in [3.8, 4) is 0 Å². The second-order valence-electron chi connectivity index (χ2n) is 5.74. The Balaban J connectivity index is 1.78. The van der Waals surface area contributed by atoms with Crippen molar-refractivity contribution in [2.75, 3.05) is 26.2 Å². The van der Waals surface area contributed by atoms with Crippen molar-refractivity contribution in [1.29, 1.82) is 0 Å². The Bertz CT molecular complexity index is 294. The molecule has 2 aliphatic heterocycles. The quantitative estimate of drug-likeness (QED) is 0.769. The van der Waals surface area contributed by atoms with E-state index in [-0.39, 0.29) is 23.7 Å². The van der Waals surface area contributed by atoms with Crippen LogP contribution in [0, 0.1) is 0 Å². The van der Waals surface area contributed by atoms with E-state index in [4.69, 9.17) is 9.47 Å². The third-order valence-corrected chi connectivity index (χ3v) is 3.38. The highest BCUT2D eigenvalue weighted by Crippen LogP contribution is 2.17. The number of morpholine rings is 1. The molecule has 0 aromatic heterocycles. The fourth-order valence-corrected chi connectivity index (χ4v) is 2.46. The Kier molecular flexibility index (Phi) is 4.59. The monoisotopic (exact) mass is 256 g/mol. The molecule has 18 heavy (non-hydrogen) atoms. The largest absolute Gasteiger partial charge is 0.367 e. The van der Waals surface area contributed by atoms with E-state index in [1.807, 2.05) is 0 Å². The van der Waals surface area contributed by atoms with Gasteiger partial charge in [-0.3, -0.25) is 4.79 Å². The van der Waals surface area contributed by atoms with Crippen molar-refractivity contribution in [2.24, 2.45) is 0 Å². The second-order valence-corrected chi connectivity index (χ2v) is 5.74. The molecular formula is C13H24N2O3. The molecule has 0 spiro atoms. The molecule has 5 heteroatoms. The molecule has 2 unspecified atom stereocenters. The van der Waals surface area contributed by atoms with Crippen LogP contribution in [0.5, 0.6) is 0 Å². The predicted molar refractivity (Wildman–Crippen MR) is 68.4 cm³/mol. The molecule has 2 rings (SSSR count). The molecule has 5 nitrogen and oxygen atoms in total. The molecule has 2 atom stereocenters. The summed E-state index contributed by atoms with van der Waals surface area (Å²) in [4.78, 5) is 11.7. The average Bonchev–Trinajstić information content (AvgIpc) is 2.50. The third-order valence-electron chi connectivity index (χ3n) is 3.38. The first-order chi connectivity index (χ1) is 8.57. The molecule has 1 amide bonds. The summed E-state index contributed by atoms with van der Waals surface area (Å²) in [5, 5.41) is 6.21. The van der Waals surface area contributed by atoms with Crippen molar-refractivity contribution in [2.45, 2.75) is 50.9 Å². The fourth-order valence-electron chi connectivity index (χ4n) is 2.46. The van der Waals surface area contributed by atoms with Gasteiger partial charge >= 0.3 is 0 Å². The topological polar surface area (TPSA) is 59.6 Å². The normalized spacial score (nSPS) is 32.7. The van der Waals surface area contributed by atoms with Crippen LogP contribution in [-0.2, 0) is 14.3 Å². The standard InChI is InChI=1S/C13H24N2O3/c1-13(2)9-14-7-10(18-13)8-17-11-5-3-4-6-15-12(11)16/h10-11,14H,3-9H2,1-2H3,(H,15,16). The van der Waals surface area contributed by atoms with Gasteiger partial charge in [-0.2, -0.15) is 0 Å². The lowest BCUT2D eigenvalue weighted by molar-refractivity contribution is -0.146. The number of nitrogens with one attached hydrogen (secondary N) is 2. The van der Waals surface area contributed by atoms with E-state index in [9.17, 15) is 4.79 Å². The summed E-state index contributed by atoms with van der Waals surface area (Å²) < 4.78 is 11.6. The zero-order chi connectivity index (χ0) is 13.0. The zero-order valence-electron chi connectivity index (χ0n) is 11.3. The van der Waals surface area contributed by atoms with Crippen LogP contribution in [-0.4, -0.2) is 50.0 Å². The van der Waals surface area contributed by atoms with Gasteiger partial charge in [-0.25, -0.2) is 0 Å². The number of carbonyl (C=O) groups excluding carboxylic acids is 1. The SMILES string of the molecule is CC1(C)CNCC(COC2CCCCNC2=O)O1. The zero-order valence-corrected chi connectivity index (χ0v) is 11.3. The predicted octanol–water partition coefficient (Wildman–Crippen LogP) is 0.439. The summed E-state index contributed by atoms with van der Waals surface area (Å²) in [5.74, 6) is 0.0236. The van der Waals surface area contributed by atoms with Crippen LogP contribution in [0.2, 0.25) is 0 Å². The summed E-state index contributed by atoms with van der Waals surface area (Å²) in [5.41, 5.74) is -0.155. The minimum Gasteiger partial charge on any atom is -0.367 e. The molecule has 104 valence electrons. The van der Waals surface area contributed by atoms with Gasteiger partial charge in [-0.1, -0.05) is 0 Å². The van der Waals surface area contributed by atoms with E-state index in [1.54, 1.807) is 0 Å². The van der Waals surface area contributed by atoms with Crippen molar-refractivity contribution in [3.63, 3.8) is 0 Å². The summed E-state index contributed by atoms with van der Waals surface area (Å²) in [6, 6.07) is 0. The minimum atomic E-state index is -0.305. The van der Waals surface area contributed by atoms with E-state index in [0.717, 1.165) is 38.9 Å². The van der Waals surface area contributed by atoms with Gasteiger partial charge in [-0.15, -0.1) is 0 Å². The Morgan fingerprint density at radius 1 is 1.44 bits per heavy atom. The molecule has 0 bridgehead atoms. The third kappa shape index (κ3) is 3.93. The molecule has 2 fully saturated rings. The van der Waals surface area contributed by atoms with Gasteiger partial charge < -0.3 is 20.1 Å². The van der Waals surface area contributed by atoms with Gasteiger partial charge in [0.05, 0.1) is 18.3 Å². The first-order valence-corrected chi connectivity index (χ1v) is 6.85. The number of carbonyl (C=O) groups is 1. The van der Waals surface area contributed by atoms with Crippen LogP contribution < -0.4 is 10.6 Å². The maximum absolute atomic E-state index is 11.7. The molecule has 0 radical (unpaired) electrons. The second kappa shape index (κ2) is 5.99. The van der Waals surface area contributed by atoms with Gasteiger partial charge in [-0.05, 0) is 33.1 Å². The fraction of sp³-hybridized carbons (Fsp3) is 0.923. The van der Waals surface area contributed by atoms with E-state index >= 15 is 0 Å². The van der Waals surface area contributed by atoms with Gasteiger partial charge in [0.15, 0.2) is 0 Å². The average molecular weight is 256 g/mol. The van der Waals surface area contributed by atoms with Gasteiger partial charge in [0, 0.05) is 19.6 Å². The van der Waals surface area contributed by atoms with Crippen LogP contribution in [0.25, 0.3) is 0 Å². The van der Waals surface area contributed by atoms with E-state index in [0.29, 0.717) is 6.61 Å². The van der Waals surface area contributed by atoms with Crippen molar-refractivity contribution in [1.82, 2.24) is 10.6 Å². The maximum atomic E-state index is 11.7. The van der Waals surface area contributed by atoms with Gasteiger partial charge in [0.1, 0.15) is 6.10 Å². The lowest BCUT2D eigenvalue weighted by atomic mass is 10.1. The van der Waals surface area contributed by atoms with E-state index < -0.39 is 0 Å². The Morgan fingerprint density at radius 2 is 2.28 bits per heavy atom. The molecule has 0 aromatic carbocycles. The van der Waals surface area contributed by atoms with Crippen LogP contribution in [0.1, 0.15) is 33.1 Å². The first kappa shape index (κ1) is 13.8. The molecular weight excluding hydrogens is 232 g/mol. The highest BCUT2D eigenvalue weighted by molar-refractivity contribution is 5.80. The molecule has 0 aromatic rings. The van der Waals surface area contributed by atoms with Crippen LogP contribution >= 0.6 is 0 Å². The van der Waals surface area contributed by atoms with Crippen molar-refractivity contribution in [3.05, 3.63) is 0 Å². The Hall–Kier alpha value is -0.650. The smallest absolute Gasteiger partial charge is 0.249 e. The lowest BCUT2D eigenvalue weighted by Gasteiger charge is -2.36. The first-order valence-electron chi connectivity index (χ1n) is 6.85. The van der Waals surface area contributed by atoms with E-state index in [2.05, 4.69) is 24.5 Å². The van der Waals surface area contributed by atoms with Gasteiger partial charge in [0.2, 0.25) is 5.91 Å². The summed E-state index contributed by atoms with van der Waals surface area (Å²) >= 11 is 0. The molecule has 0 aliphatic carbocycles.